The van der Waals surface area contributed by atoms with Crippen LogP contribution in [-0.4, -0.2) is 34.8 Å². The van der Waals surface area contributed by atoms with Crippen LogP contribution in [0.4, 0.5) is 0 Å². The molecule has 0 bridgehead atoms. The van der Waals surface area contributed by atoms with Crippen LogP contribution in [0.15, 0.2) is 23.4 Å². The molecule has 3 atom stereocenters. The number of thioether (sulfide) groups is 1. The third-order valence-corrected chi connectivity index (χ3v) is 5.93. The van der Waals surface area contributed by atoms with Crippen molar-refractivity contribution in [3.05, 3.63) is 18.2 Å². The number of nitrogens with zero attached hydrogens (tertiary/aromatic N) is 1. The van der Waals surface area contributed by atoms with Gasteiger partial charge in [0.15, 0.2) is 5.16 Å². The number of H-pyrrole nitrogens is 1. The van der Waals surface area contributed by atoms with E-state index < -0.39 is 0 Å². The first-order valence-electron chi connectivity index (χ1n) is 8.52. The van der Waals surface area contributed by atoms with Crippen LogP contribution in [0.3, 0.4) is 0 Å². The number of hydrogen-bond donors (Lipinski definition) is 2. The second-order valence-corrected chi connectivity index (χ2v) is 7.62. The van der Waals surface area contributed by atoms with Crippen molar-refractivity contribution in [3.63, 3.8) is 0 Å². The number of methoxy groups -OCH3 is 1. The van der Waals surface area contributed by atoms with Crippen LogP contribution in [0.5, 0.6) is 5.75 Å². The van der Waals surface area contributed by atoms with Gasteiger partial charge >= 0.3 is 0 Å². The van der Waals surface area contributed by atoms with Gasteiger partial charge in [-0.3, -0.25) is 4.79 Å². The largest absolute Gasteiger partial charge is 0.497 e. The SMILES string of the molecule is COc1ccc2nc(SCC(=O)N[C@@H]3CCC[C@H](C)[C@H]3C)[nH]c2c1. The maximum Gasteiger partial charge on any atom is 0.230 e. The monoisotopic (exact) mass is 347 g/mol. The minimum absolute atomic E-state index is 0.0870. The third-order valence-electron chi connectivity index (χ3n) is 5.06. The van der Waals surface area contributed by atoms with E-state index in [1.165, 1.54) is 24.6 Å². The highest BCUT2D eigenvalue weighted by atomic mass is 32.2. The van der Waals surface area contributed by atoms with E-state index in [1.807, 2.05) is 18.2 Å². The normalized spacial score (nSPS) is 24.0. The molecule has 2 aromatic rings. The second kappa shape index (κ2) is 7.47. The van der Waals surface area contributed by atoms with E-state index in [1.54, 1.807) is 7.11 Å². The Bertz CT molecular complexity index is 715. The smallest absolute Gasteiger partial charge is 0.230 e. The van der Waals surface area contributed by atoms with Crippen molar-refractivity contribution in [2.24, 2.45) is 11.8 Å². The van der Waals surface area contributed by atoms with Gasteiger partial charge in [-0.05, 0) is 30.4 Å². The molecule has 0 radical (unpaired) electrons. The Kier molecular flexibility index (Phi) is 5.33. The Labute approximate surface area is 146 Å². The van der Waals surface area contributed by atoms with Crippen molar-refractivity contribution in [3.8, 4) is 5.75 Å². The molecule has 1 aromatic carbocycles. The van der Waals surface area contributed by atoms with Crippen molar-refractivity contribution < 1.29 is 9.53 Å². The molecule has 2 N–H and O–H groups in total. The number of nitrogens with one attached hydrogen (secondary N) is 2. The number of benzene rings is 1. The van der Waals surface area contributed by atoms with Gasteiger partial charge in [0.1, 0.15) is 5.75 Å². The lowest BCUT2D eigenvalue weighted by Crippen LogP contribution is -2.44. The first-order chi connectivity index (χ1) is 11.6. The van der Waals surface area contributed by atoms with Gasteiger partial charge in [0.05, 0.1) is 23.9 Å². The number of rotatable bonds is 5. The summed E-state index contributed by atoms with van der Waals surface area (Å²) in [6.07, 6.45) is 3.56. The quantitative estimate of drug-likeness (QED) is 0.811. The van der Waals surface area contributed by atoms with Crippen LogP contribution in [-0.2, 0) is 4.79 Å². The molecule has 1 amide bonds. The number of carbonyl (C=O) groups excluding carboxylic acids is 1. The topological polar surface area (TPSA) is 67.0 Å². The van der Waals surface area contributed by atoms with E-state index >= 15 is 0 Å². The predicted octanol–water partition coefficient (Wildman–Crippen LogP) is 3.60. The molecule has 5 nitrogen and oxygen atoms in total. The van der Waals surface area contributed by atoms with Gasteiger partial charge < -0.3 is 15.0 Å². The van der Waals surface area contributed by atoms with Gasteiger partial charge in [0.25, 0.3) is 0 Å². The van der Waals surface area contributed by atoms with E-state index in [-0.39, 0.29) is 5.91 Å². The van der Waals surface area contributed by atoms with Crippen LogP contribution in [0.25, 0.3) is 11.0 Å². The van der Waals surface area contributed by atoms with Crippen molar-refractivity contribution in [2.45, 2.75) is 44.3 Å². The number of imidazole rings is 1. The molecule has 1 aromatic heterocycles. The zero-order valence-electron chi connectivity index (χ0n) is 14.5. The van der Waals surface area contributed by atoms with Crippen molar-refractivity contribution in [1.29, 1.82) is 0 Å². The molecule has 1 aliphatic rings. The van der Waals surface area contributed by atoms with Crippen LogP contribution in [0, 0.1) is 11.8 Å². The lowest BCUT2D eigenvalue weighted by Gasteiger charge is -2.34. The van der Waals surface area contributed by atoms with Gasteiger partial charge in [-0.15, -0.1) is 0 Å². The number of fused-ring (bicyclic) bond motifs is 1. The van der Waals surface area contributed by atoms with Crippen LogP contribution in [0.2, 0.25) is 0 Å². The molecule has 0 aliphatic heterocycles. The van der Waals surface area contributed by atoms with E-state index in [0.29, 0.717) is 23.6 Å². The minimum atomic E-state index is 0.0870. The molecule has 1 saturated carbocycles. The molecule has 24 heavy (non-hydrogen) atoms. The molecule has 3 rings (SSSR count). The average Bonchev–Trinajstić information content (AvgIpc) is 2.99. The van der Waals surface area contributed by atoms with Crippen LogP contribution >= 0.6 is 11.8 Å². The van der Waals surface area contributed by atoms with E-state index in [9.17, 15) is 4.79 Å². The van der Waals surface area contributed by atoms with Crippen LogP contribution in [0.1, 0.15) is 33.1 Å². The molecule has 1 heterocycles. The number of hydrogen-bond acceptors (Lipinski definition) is 4. The molecule has 1 aliphatic carbocycles. The Morgan fingerprint density at radius 3 is 3.04 bits per heavy atom. The number of ether oxygens (including phenoxy) is 1. The first kappa shape index (κ1) is 17.1. The van der Waals surface area contributed by atoms with Gasteiger partial charge in [-0.1, -0.05) is 38.5 Å². The maximum atomic E-state index is 12.3. The summed E-state index contributed by atoms with van der Waals surface area (Å²) in [7, 11) is 1.64. The molecular weight excluding hydrogens is 322 g/mol. The molecule has 0 spiro atoms. The van der Waals surface area contributed by atoms with Gasteiger partial charge in [-0.25, -0.2) is 4.98 Å². The molecule has 0 saturated heterocycles. The molecule has 1 fully saturated rings. The van der Waals surface area contributed by atoms with E-state index in [0.717, 1.165) is 28.4 Å². The summed E-state index contributed by atoms with van der Waals surface area (Å²) in [6.45, 7) is 4.52. The summed E-state index contributed by atoms with van der Waals surface area (Å²) in [5.41, 5.74) is 1.81. The zero-order valence-corrected chi connectivity index (χ0v) is 15.3. The fourth-order valence-corrected chi connectivity index (χ4v) is 4.02. The van der Waals surface area contributed by atoms with Crippen molar-refractivity contribution >= 4 is 28.7 Å². The summed E-state index contributed by atoms with van der Waals surface area (Å²) < 4.78 is 5.21. The molecular formula is C18H25N3O2S. The zero-order chi connectivity index (χ0) is 17.1. The van der Waals surface area contributed by atoms with Crippen LogP contribution < -0.4 is 10.1 Å². The number of carbonyl (C=O) groups is 1. The Balaban J connectivity index is 1.56. The van der Waals surface area contributed by atoms with Gasteiger partial charge in [0, 0.05) is 12.1 Å². The number of aromatic nitrogens is 2. The standard InChI is InChI=1S/C18H25N3O2S/c1-11-5-4-6-14(12(11)2)19-17(22)10-24-18-20-15-8-7-13(23-3)9-16(15)21-18/h7-9,11-12,14H,4-6,10H2,1-3H3,(H,19,22)(H,20,21)/t11-,12+,14+/m0/s1. The highest BCUT2D eigenvalue weighted by Gasteiger charge is 2.28. The van der Waals surface area contributed by atoms with Gasteiger partial charge in [0.2, 0.25) is 5.91 Å². The Hall–Kier alpha value is -1.69. The molecule has 6 heteroatoms. The second-order valence-electron chi connectivity index (χ2n) is 6.66. The number of amides is 1. The third kappa shape index (κ3) is 3.86. The molecule has 0 unspecified atom stereocenters. The summed E-state index contributed by atoms with van der Waals surface area (Å²) in [4.78, 5) is 20.0. The Morgan fingerprint density at radius 2 is 2.25 bits per heavy atom. The fourth-order valence-electron chi connectivity index (χ4n) is 3.33. The fraction of sp³-hybridized carbons (Fsp3) is 0.556. The average molecular weight is 347 g/mol. The summed E-state index contributed by atoms with van der Waals surface area (Å²) in [6, 6.07) is 6.02. The van der Waals surface area contributed by atoms with Crippen molar-refractivity contribution in [2.75, 3.05) is 12.9 Å². The summed E-state index contributed by atoms with van der Waals surface area (Å²) >= 11 is 1.44. The summed E-state index contributed by atoms with van der Waals surface area (Å²) in [5, 5.41) is 3.96. The highest BCUT2D eigenvalue weighted by Crippen LogP contribution is 2.29. The molecule has 130 valence electrons. The van der Waals surface area contributed by atoms with Crippen molar-refractivity contribution in [1.82, 2.24) is 15.3 Å². The minimum Gasteiger partial charge on any atom is -0.497 e. The summed E-state index contributed by atoms with van der Waals surface area (Å²) in [5.74, 6) is 2.49. The van der Waals surface area contributed by atoms with Gasteiger partial charge in [-0.2, -0.15) is 0 Å². The lowest BCUT2D eigenvalue weighted by atomic mass is 9.78. The lowest BCUT2D eigenvalue weighted by molar-refractivity contribution is -0.120. The maximum absolute atomic E-state index is 12.3. The van der Waals surface area contributed by atoms with E-state index in [2.05, 4.69) is 29.1 Å². The highest BCUT2D eigenvalue weighted by molar-refractivity contribution is 7.99. The predicted molar refractivity (Wildman–Crippen MR) is 97.5 cm³/mol. The van der Waals surface area contributed by atoms with E-state index in [4.69, 9.17) is 4.74 Å². The number of aromatic amines is 1. The Morgan fingerprint density at radius 1 is 1.42 bits per heavy atom. The first-order valence-corrected chi connectivity index (χ1v) is 9.51.